The van der Waals surface area contributed by atoms with E-state index < -0.39 is 0 Å². The number of nitrogen functional groups attached to an aromatic ring is 1. The molecule has 2 aromatic rings. The maximum atomic E-state index is 11.5. The summed E-state index contributed by atoms with van der Waals surface area (Å²) < 4.78 is 0. The quantitative estimate of drug-likeness (QED) is 0.342. The number of nitrogens with two attached hydrogens (primary N) is 1. The molecule has 4 N–H and O–H groups in total. The smallest absolute Gasteiger partial charge is 0.251 e. The molecule has 21 heavy (non-hydrogen) atoms. The molecule has 0 aliphatic heterocycles. The summed E-state index contributed by atoms with van der Waals surface area (Å²) in [5.41, 5.74) is 2.79. The molecule has 8 heteroatoms. The topological polar surface area (TPSA) is 110 Å². The number of hydrogen-bond acceptors (Lipinski definition) is 7. The van der Waals surface area contributed by atoms with Crippen molar-refractivity contribution >= 4 is 17.6 Å². The predicted molar refractivity (Wildman–Crippen MR) is 82.3 cm³/mol. The van der Waals surface area contributed by atoms with Crippen LogP contribution in [0, 0.1) is 6.92 Å². The Hall–Kier alpha value is -1.93. The van der Waals surface area contributed by atoms with Crippen LogP contribution in [-0.4, -0.2) is 19.9 Å². The molecular formula is C13H18N6OS. The van der Waals surface area contributed by atoms with Gasteiger partial charge in [0.2, 0.25) is 0 Å². The summed E-state index contributed by atoms with van der Waals surface area (Å²) in [5, 5.41) is 1.15. The van der Waals surface area contributed by atoms with Crippen molar-refractivity contribution in [3.63, 3.8) is 0 Å². The number of aryl methyl sites for hydroxylation is 1. The van der Waals surface area contributed by atoms with Crippen molar-refractivity contribution in [2.75, 3.05) is 5.43 Å². The van der Waals surface area contributed by atoms with Gasteiger partial charge in [0.15, 0.2) is 5.16 Å². The van der Waals surface area contributed by atoms with E-state index in [4.69, 9.17) is 5.84 Å². The molecule has 2 rings (SSSR count). The lowest BCUT2D eigenvalue weighted by Gasteiger charge is -2.18. The summed E-state index contributed by atoms with van der Waals surface area (Å²) in [6, 6.07) is 3.15. The van der Waals surface area contributed by atoms with Crippen LogP contribution in [0.4, 0.5) is 5.82 Å². The molecule has 0 amide bonds. The summed E-state index contributed by atoms with van der Waals surface area (Å²) in [6.45, 7) is 7.82. The van der Waals surface area contributed by atoms with Crippen LogP contribution in [0.2, 0.25) is 0 Å². The van der Waals surface area contributed by atoms with Gasteiger partial charge in [0.25, 0.3) is 5.56 Å². The first kappa shape index (κ1) is 15.5. The average Bonchev–Trinajstić information content (AvgIpc) is 2.36. The third-order valence-electron chi connectivity index (χ3n) is 2.57. The number of aromatic amines is 1. The van der Waals surface area contributed by atoms with Crippen LogP contribution < -0.4 is 16.8 Å². The Morgan fingerprint density at radius 2 is 1.95 bits per heavy atom. The van der Waals surface area contributed by atoms with Crippen molar-refractivity contribution in [3.8, 4) is 0 Å². The van der Waals surface area contributed by atoms with Gasteiger partial charge in [-0.1, -0.05) is 20.8 Å². The van der Waals surface area contributed by atoms with Crippen LogP contribution in [0.25, 0.3) is 0 Å². The van der Waals surface area contributed by atoms with E-state index in [1.165, 1.54) is 17.8 Å². The molecule has 0 aliphatic carbocycles. The van der Waals surface area contributed by atoms with E-state index in [2.05, 4.69) is 25.4 Å². The van der Waals surface area contributed by atoms with Gasteiger partial charge in [0.05, 0.1) is 0 Å². The lowest BCUT2D eigenvalue weighted by Crippen LogP contribution is -2.19. The number of nitrogens with one attached hydrogen (secondary N) is 2. The van der Waals surface area contributed by atoms with Gasteiger partial charge in [-0.25, -0.2) is 20.8 Å². The Balaban J connectivity index is 2.41. The van der Waals surface area contributed by atoms with E-state index in [0.717, 1.165) is 0 Å². The van der Waals surface area contributed by atoms with Gasteiger partial charge in [0.1, 0.15) is 16.7 Å². The van der Waals surface area contributed by atoms with Gasteiger partial charge in [-0.15, -0.1) is 0 Å². The van der Waals surface area contributed by atoms with Crippen molar-refractivity contribution in [3.05, 3.63) is 34.0 Å². The first-order valence-corrected chi connectivity index (χ1v) is 7.21. The standard InChI is InChI=1S/C13H18N6OS/c1-7-5-9(20)17-12(15-7)21-10-6-8(19-14)16-11(18-10)13(2,3)4/h5-6H,14H2,1-4H3,(H,15,17,20)(H,16,18,19). The van der Waals surface area contributed by atoms with Gasteiger partial charge in [-0.3, -0.25) is 4.79 Å². The van der Waals surface area contributed by atoms with Crippen molar-refractivity contribution in [2.45, 2.75) is 43.3 Å². The summed E-state index contributed by atoms with van der Waals surface area (Å²) in [7, 11) is 0. The minimum Gasteiger partial charge on any atom is -0.308 e. The molecule has 0 aromatic carbocycles. The SMILES string of the molecule is Cc1cc(=O)[nH]c(Sc2cc(NN)nc(C(C)(C)C)n2)n1. The fraction of sp³-hybridized carbons (Fsp3) is 0.385. The second-order valence-corrected chi connectivity index (χ2v) is 6.61. The lowest BCUT2D eigenvalue weighted by molar-refractivity contribution is 0.539. The van der Waals surface area contributed by atoms with Gasteiger partial charge in [-0.05, 0) is 18.7 Å². The Kier molecular flexibility index (Phi) is 4.29. The van der Waals surface area contributed by atoms with Gasteiger partial charge in [0, 0.05) is 23.2 Å². The number of anilines is 1. The van der Waals surface area contributed by atoms with Crippen molar-refractivity contribution in [1.82, 2.24) is 19.9 Å². The first-order valence-electron chi connectivity index (χ1n) is 6.40. The van der Waals surface area contributed by atoms with E-state index >= 15 is 0 Å². The fourth-order valence-corrected chi connectivity index (χ4v) is 2.43. The van der Waals surface area contributed by atoms with Crippen LogP contribution in [0.5, 0.6) is 0 Å². The van der Waals surface area contributed by atoms with E-state index in [-0.39, 0.29) is 11.0 Å². The first-order chi connectivity index (χ1) is 9.77. The summed E-state index contributed by atoms with van der Waals surface area (Å²) in [4.78, 5) is 27.3. The van der Waals surface area contributed by atoms with E-state index in [0.29, 0.717) is 27.5 Å². The molecule has 0 saturated heterocycles. The van der Waals surface area contributed by atoms with Gasteiger partial charge < -0.3 is 10.4 Å². The minimum atomic E-state index is -0.213. The van der Waals surface area contributed by atoms with Crippen LogP contribution in [0.1, 0.15) is 32.3 Å². The highest BCUT2D eigenvalue weighted by molar-refractivity contribution is 7.99. The lowest BCUT2D eigenvalue weighted by atomic mass is 9.96. The van der Waals surface area contributed by atoms with Crippen LogP contribution in [0.3, 0.4) is 0 Å². The van der Waals surface area contributed by atoms with E-state index in [1.807, 2.05) is 20.8 Å². The molecule has 7 nitrogen and oxygen atoms in total. The number of rotatable bonds is 3. The predicted octanol–water partition coefficient (Wildman–Crippen LogP) is 1.60. The van der Waals surface area contributed by atoms with Crippen molar-refractivity contribution in [2.24, 2.45) is 5.84 Å². The molecule has 112 valence electrons. The molecule has 0 aliphatic rings. The zero-order valence-electron chi connectivity index (χ0n) is 12.4. The normalized spacial score (nSPS) is 11.5. The summed E-state index contributed by atoms with van der Waals surface area (Å²) in [5.74, 6) is 6.63. The Labute approximate surface area is 126 Å². The maximum Gasteiger partial charge on any atom is 0.251 e. The Bertz CT molecular complexity index is 707. The second-order valence-electron chi connectivity index (χ2n) is 5.60. The molecular weight excluding hydrogens is 288 g/mol. The van der Waals surface area contributed by atoms with Crippen LogP contribution >= 0.6 is 11.8 Å². The van der Waals surface area contributed by atoms with Gasteiger partial charge >= 0.3 is 0 Å². The summed E-state index contributed by atoms with van der Waals surface area (Å²) in [6.07, 6.45) is 0. The van der Waals surface area contributed by atoms with Crippen LogP contribution in [0.15, 0.2) is 27.1 Å². The molecule has 0 spiro atoms. The number of hydrogen-bond donors (Lipinski definition) is 3. The number of nitrogens with zero attached hydrogens (tertiary/aromatic N) is 3. The fourth-order valence-electron chi connectivity index (χ4n) is 1.59. The third kappa shape index (κ3) is 4.02. The molecule has 0 saturated carbocycles. The van der Waals surface area contributed by atoms with Crippen molar-refractivity contribution in [1.29, 1.82) is 0 Å². The van der Waals surface area contributed by atoms with E-state index in [9.17, 15) is 4.79 Å². The zero-order chi connectivity index (χ0) is 15.6. The minimum absolute atomic E-state index is 0.188. The second kappa shape index (κ2) is 5.82. The summed E-state index contributed by atoms with van der Waals surface area (Å²) >= 11 is 1.26. The van der Waals surface area contributed by atoms with Gasteiger partial charge in [-0.2, -0.15) is 0 Å². The highest BCUT2D eigenvalue weighted by atomic mass is 32.2. The van der Waals surface area contributed by atoms with Crippen LogP contribution in [-0.2, 0) is 5.41 Å². The zero-order valence-corrected chi connectivity index (χ0v) is 13.2. The van der Waals surface area contributed by atoms with Crippen molar-refractivity contribution < 1.29 is 0 Å². The highest BCUT2D eigenvalue weighted by Gasteiger charge is 2.19. The molecule has 0 radical (unpaired) electrons. The van der Waals surface area contributed by atoms with E-state index in [1.54, 1.807) is 13.0 Å². The number of H-pyrrole nitrogens is 1. The molecule has 0 fully saturated rings. The molecule has 0 atom stereocenters. The molecule has 0 unspecified atom stereocenters. The molecule has 2 heterocycles. The highest BCUT2D eigenvalue weighted by Crippen LogP contribution is 2.27. The average molecular weight is 306 g/mol. The largest absolute Gasteiger partial charge is 0.308 e. The number of aromatic nitrogens is 4. The Morgan fingerprint density at radius 3 is 2.52 bits per heavy atom. The number of hydrazine groups is 1. The monoisotopic (exact) mass is 306 g/mol. The maximum absolute atomic E-state index is 11.5. The molecule has 2 aromatic heterocycles. The Morgan fingerprint density at radius 1 is 1.24 bits per heavy atom. The molecule has 0 bridgehead atoms. The third-order valence-corrected chi connectivity index (χ3v) is 3.38.